The summed E-state index contributed by atoms with van der Waals surface area (Å²) in [5.41, 5.74) is 1.28. The van der Waals surface area contributed by atoms with Crippen molar-refractivity contribution in [3.05, 3.63) is 39.9 Å². The first-order valence-corrected chi connectivity index (χ1v) is 10.9. The van der Waals surface area contributed by atoms with Crippen LogP contribution in [-0.2, 0) is 11.3 Å². The molecule has 0 aromatic heterocycles. The summed E-state index contributed by atoms with van der Waals surface area (Å²) in [6.07, 6.45) is 9.31. The van der Waals surface area contributed by atoms with Crippen LogP contribution in [0.5, 0.6) is 0 Å². The quantitative estimate of drug-likeness (QED) is 0.568. The molecule has 0 N–H and O–H groups in total. The van der Waals surface area contributed by atoms with Gasteiger partial charge in [-0.1, -0.05) is 25.0 Å². The molecule has 0 bridgehead atoms. The first kappa shape index (κ1) is 19.4. The number of benzene rings is 1. The second kappa shape index (κ2) is 8.60. The molecule has 2 heterocycles. The van der Waals surface area contributed by atoms with E-state index in [0.717, 1.165) is 63.8 Å². The minimum atomic E-state index is -0.350. The van der Waals surface area contributed by atoms with E-state index in [2.05, 4.69) is 9.80 Å². The van der Waals surface area contributed by atoms with Crippen molar-refractivity contribution in [2.45, 2.75) is 64.0 Å². The molecule has 2 saturated heterocycles. The Balaban J connectivity index is 1.33. The molecule has 0 radical (unpaired) electrons. The van der Waals surface area contributed by atoms with Crippen molar-refractivity contribution in [3.63, 3.8) is 0 Å². The predicted octanol–water partition coefficient (Wildman–Crippen LogP) is 3.99. The van der Waals surface area contributed by atoms with Gasteiger partial charge < -0.3 is 4.90 Å². The number of carbonyl (C=O) groups excluding carboxylic acids is 1. The Bertz CT molecular complexity index is 693. The Morgan fingerprint density at radius 3 is 2.32 bits per heavy atom. The van der Waals surface area contributed by atoms with Gasteiger partial charge in [0.2, 0.25) is 5.91 Å². The van der Waals surface area contributed by atoms with Crippen LogP contribution >= 0.6 is 0 Å². The third-order valence-corrected chi connectivity index (χ3v) is 6.74. The highest BCUT2D eigenvalue weighted by atomic mass is 16.6. The predicted molar refractivity (Wildman–Crippen MR) is 108 cm³/mol. The van der Waals surface area contributed by atoms with Crippen molar-refractivity contribution in [2.75, 3.05) is 19.6 Å². The van der Waals surface area contributed by atoms with E-state index in [4.69, 9.17) is 0 Å². The van der Waals surface area contributed by atoms with E-state index in [1.807, 2.05) is 12.1 Å². The van der Waals surface area contributed by atoms with Gasteiger partial charge in [-0.3, -0.25) is 19.8 Å². The van der Waals surface area contributed by atoms with Crippen LogP contribution in [0.3, 0.4) is 0 Å². The van der Waals surface area contributed by atoms with E-state index in [1.54, 1.807) is 12.1 Å². The van der Waals surface area contributed by atoms with Crippen LogP contribution in [0.15, 0.2) is 24.3 Å². The van der Waals surface area contributed by atoms with Crippen molar-refractivity contribution in [1.29, 1.82) is 0 Å². The number of non-ortho nitro benzene ring substituents is 1. The van der Waals surface area contributed by atoms with Gasteiger partial charge in [-0.15, -0.1) is 0 Å². The molecule has 1 aromatic carbocycles. The van der Waals surface area contributed by atoms with Crippen molar-refractivity contribution in [2.24, 2.45) is 11.8 Å². The van der Waals surface area contributed by atoms with Crippen LogP contribution in [0.4, 0.5) is 5.69 Å². The first-order chi connectivity index (χ1) is 13.6. The molecule has 3 fully saturated rings. The Morgan fingerprint density at radius 1 is 0.964 bits per heavy atom. The molecule has 1 unspecified atom stereocenters. The number of nitro groups is 1. The fraction of sp³-hybridized carbons (Fsp3) is 0.682. The molecule has 1 aliphatic carbocycles. The van der Waals surface area contributed by atoms with Crippen molar-refractivity contribution >= 4 is 11.6 Å². The molecule has 1 amide bonds. The summed E-state index contributed by atoms with van der Waals surface area (Å²) in [6, 6.07) is 7.36. The summed E-state index contributed by atoms with van der Waals surface area (Å²) in [7, 11) is 0. The Hall–Kier alpha value is -1.95. The largest absolute Gasteiger partial charge is 0.339 e. The lowest BCUT2D eigenvalue weighted by Gasteiger charge is -2.41. The van der Waals surface area contributed by atoms with Crippen LogP contribution in [0.1, 0.15) is 56.9 Å². The lowest BCUT2D eigenvalue weighted by Crippen LogP contribution is -2.48. The fourth-order valence-corrected chi connectivity index (χ4v) is 4.94. The summed E-state index contributed by atoms with van der Waals surface area (Å²) in [5, 5.41) is 10.8. The lowest BCUT2D eigenvalue weighted by atomic mass is 9.85. The van der Waals surface area contributed by atoms with Crippen molar-refractivity contribution in [1.82, 2.24) is 9.80 Å². The monoisotopic (exact) mass is 385 g/mol. The molecule has 4 rings (SSSR count). The minimum absolute atomic E-state index is 0.149. The zero-order valence-electron chi connectivity index (χ0n) is 16.6. The van der Waals surface area contributed by atoms with Gasteiger partial charge in [0.1, 0.15) is 0 Å². The van der Waals surface area contributed by atoms with Gasteiger partial charge in [0, 0.05) is 37.2 Å². The number of nitrogens with zero attached hydrogens (tertiary/aromatic N) is 3. The standard InChI is InChI=1S/C22H31N3O3/c26-22(19-7-8-19)24-13-3-1-2-4-21(24)18-11-14-23(15-12-18)16-17-5-9-20(10-6-17)25(27)28/h5-6,9-10,18-19,21H,1-4,7-8,11-16H2. The number of hydrogen-bond acceptors (Lipinski definition) is 4. The number of piperidine rings is 1. The number of likely N-dealkylation sites (tertiary alicyclic amines) is 2. The number of nitro benzene ring substituents is 1. The van der Waals surface area contributed by atoms with E-state index in [1.165, 1.54) is 19.3 Å². The fourth-order valence-electron chi connectivity index (χ4n) is 4.94. The van der Waals surface area contributed by atoms with E-state index < -0.39 is 0 Å². The normalized spacial score (nSPS) is 24.7. The zero-order valence-corrected chi connectivity index (χ0v) is 16.6. The van der Waals surface area contributed by atoms with Gasteiger partial charge in [-0.25, -0.2) is 0 Å². The average molecular weight is 386 g/mol. The molecule has 3 aliphatic rings. The Kier molecular flexibility index (Phi) is 5.95. The summed E-state index contributed by atoms with van der Waals surface area (Å²) in [5.74, 6) is 1.37. The van der Waals surface area contributed by atoms with E-state index in [9.17, 15) is 14.9 Å². The molecule has 152 valence electrons. The van der Waals surface area contributed by atoms with Crippen LogP contribution in [0.2, 0.25) is 0 Å². The highest BCUT2D eigenvalue weighted by Crippen LogP contribution is 2.36. The van der Waals surface area contributed by atoms with Crippen LogP contribution in [0.25, 0.3) is 0 Å². The Morgan fingerprint density at radius 2 is 1.68 bits per heavy atom. The first-order valence-electron chi connectivity index (χ1n) is 10.9. The van der Waals surface area contributed by atoms with Crippen LogP contribution in [-0.4, -0.2) is 46.3 Å². The molecule has 6 nitrogen and oxygen atoms in total. The maximum Gasteiger partial charge on any atom is 0.269 e. The molecule has 1 aromatic rings. The molecule has 1 atom stereocenters. The summed E-state index contributed by atoms with van der Waals surface area (Å²) in [4.78, 5) is 28.0. The number of rotatable bonds is 5. The maximum absolute atomic E-state index is 12.8. The SMILES string of the molecule is O=C(C1CC1)N1CCCCCC1C1CCN(Cc2ccc([N+](=O)[O-])cc2)CC1. The molecule has 1 saturated carbocycles. The van der Waals surface area contributed by atoms with E-state index >= 15 is 0 Å². The highest BCUT2D eigenvalue weighted by molar-refractivity contribution is 5.81. The number of carbonyl (C=O) groups is 1. The Labute approximate surface area is 167 Å². The van der Waals surface area contributed by atoms with Gasteiger partial charge in [-0.05, 0) is 63.1 Å². The third kappa shape index (κ3) is 4.54. The molecule has 6 heteroatoms. The lowest BCUT2D eigenvalue weighted by molar-refractivity contribution is -0.384. The van der Waals surface area contributed by atoms with E-state index in [0.29, 0.717) is 23.8 Å². The number of hydrogen-bond donors (Lipinski definition) is 0. The topological polar surface area (TPSA) is 66.7 Å². The van der Waals surface area contributed by atoms with Gasteiger partial charge in [-0.2, -0.15) is 0 Å². The second-order valence-corrected chi connectivity index (χ2v) is 8.76. The highest BCUT2D eigenvalue weighted by Gasteiger charge is 2.39. The molecular formula is C22H31N3O3. The zero-order chi connectivity index (χ0) is 19.5. The molecule has 0 spiro atoms. The molecular weight excluding hydrogens is 354 g/mol. The van der Waals surface area contributed by atoms with E-state index in [-0.39, 0.29) is 10.6 Å². The smallest absolute Gasteiger partial charge is 0.269 e. The minimum Gasteiger partial charge on any atom is -0.339 e. The number of amides is 1. The van der Waals surface area contributed by atoms with Gasteiger partial charge in [0.05, 0.1) is 4.92 Å². The van der Waals surface area contributed by atoms with Crippen molar-refractivity contribution < 1.29 is 9.72 Å². The third-order valence-electron chi connectivity index (χ3n) is 6.74. The average Bonchev–Trinajstić information content (AvgIpc) is 3.55. The maximum atomic E-state index is 12.8. The van der Waals surface area contributed by atoms with Gasteiger partial charge in [0.15, 0.2) is 0 Å². The summed E-state index contributed by atoms with van der Waals surface area (Å²) in [6.45, 7) is 3.90. The summed E-state index contributed by atoms with van der Waals surface area (Å²) >= 11 is 0. The second-order valence-electron chi connectivity index (χ2n) is 8.76. The van der Waals surface area contributed by atoms with Crippen molar-refractivity contribution in [3.8, 4) is 0 Å². The summed E-state index contributed by atoms with van der Waals surface area (Å²) < 4.78 is 0. The van der Waals surface area contributed by atoms with Crippen LogP contribution in [0, 0.1) is 22.0 Å². The van der Waals surface area contributed by atoms with Gasteiger partial charge in [0.25, 0.3) is 5.69 Å². The van der Waals surface area contributed by atoms with Crippen LogP contribution < -0.4 is 0 Å². The molecule has 2 aliphatic heterocycles. The molecule has 28 heavy (non-hydrogen) atoms. The van der Waals surface area contributed by atoms with Gasteiger partial charge >= 0.3 is 0 Å².